The highest BCUT2D eigenvalue weighted by Crippen LogP contribution is 2.06. The van der Waals surface area contributed by atoms with E-state index in [1.54, 1.807) is 12.3 Å². The lowest BCUT2D eigenvalue weighted by molar-refractivity contribution is -0.138. The van der Waals surface area contributed by atoms with Gasteiger partial charge in [-0.3, -0.25) is 9.59 Å². The van der Waals surface area contributed by atoms with E-state index in [4.69, 9.17) is 5.11 Å². The van der Waals surface area contributed by atoms with Crippen molar-refractivity contribution < 1.29 is 14.7 Å². The van der Waals surface area contributed by atoms with Gasteiger partial charge >= 0.3 is 5.97 Å². The molecule has 1 atom stereocenters. The molecule has 0 aliphatic heterocycles. The molecule has 1 amide bonds. The Hall–Kier alpha value is -1.05. The highest BCUT2D eigenvalue weighted by molar-refractivity contribution is 14.1. The van der Waals surface area contributed by atoms with E-state index in [2.05, 4.69) is 32.9 Å². The molecule has 1 aromatic rings. The number of amides is 1. The van der Waals surface area contributed by atoms with Crippen molar-refractivity contribution in [2.45, 2.75) is 13.0 Å². The predicted molar refractivity (Wildman–Crippen MR) is 58.1 cm³/mol. The molecule has 0 aromatic carbocycles. The molecule has 76 valence electrons. The third kappa shape index (κ3) is 2.72. The topological polar surface area (TPSA) is 82.2 Å². The van der Waals surface area contributed by atoms with Crippen molar-refractivity contribution in [3.8, 4) is 0 Å². The SMILES string of the molecule is C[C@@H](NC(=O)c1cc(I)c[nH]1)C(=O)O. The lowest BCUT2D eigenvalue weighted by Crippen LogP contribution is -2.38. The maximum Gasteiger partial charge on any atom is 0.325 e. The van der Waals surface area contributed by atoms with Crippen molar-refractivity contribution in [2.24, 2.45) is 0 Å². The number of hydrogen-bond donors (Lipinski definition) is 3. The Bertz CT molecular complexity index is 361. The van der Waals surface area contributed by atoms with Gasteiger partial charge in [-0.25, -0.2) is 0 Å². The van der Waals surface area contributed by atoms with Crippen molar-refractivity contribution in [1.29, 1.82) is 0 Å². The van der Waals surface area contributed by atoms with Crippen LogP contribution in [0.1, 0.15) is 17.4 Å². The summed E-state index contributed by atoms with van der Waals surface area (Å²) in [7, 11) is 0. The first-order valence-corrected chi connectivity index (χ1v) is 4.96. The van der Waals surface area contributed by atoms with Crippen LogP contribution < -0.4 is 5.32 Å². The fraction of sp³-hybridized carbons (Fsp3) is 0.250. The maximum atomic E-state index is 11.4. The van der Waals surface area contributed by atoms with Crippen molar-refractivity contribution in [1.82, 2.24) is 10.3 Å². The van der Waals surface area contributed by atoms with Crippen LogP contribution in [0.4, 0.5) is 0 Å². The van der Waals surface area contributed by atoms with E-state index in [0.29, 0.717) is 5.69 Å². The van der Waals surface area contributed by atoms with Gasteiger partial charge in [0.1, 0.15) is 11.7 Å². The lowest BCUT2D eigenvalue weighted by Gasteiger charge is -2.07. The molecular formula is C8H9IN2O3. The number of carbonyl (C=O) groups is 2. The largest absolute Gasteiger partial charge is 0.480 e. The number of carboxylic acids is 1. The normalized spacial score (nSPS) is 12.1. The highest BCUT2D eigenvalue weighted by atomic mass is 127. The van der Waals surface area contributed by atoms with E-state index in [1.807, 2.05) is 0 Å². The number of aliphatic carboxylic acids is 1. The molecule has 0 saturated heterocycles. The Morgan fingerprint density at radius 2 is 2.29 bits per heavy atom. The molecule has 14 heavy (non-hydrogen) atoms. The van der Waals surface area contributed by atoms with Gasteiger partial charge in [0, 0.05) is 9.77 Å². The van der Waals surface area contributed by atoms with Crippen LogP contribution >= 0.6 is 22.6 Å². The summed E-state index contributed by atoms with van der Waals surface area (Å²) < 4.78 is 0.899. The second-order valence-corrected chi connectivity index (χ2v) is 4.01. The van der Waals surface area contributed by atoms with Crippen LogP contribution in [-0.4, -0.2) is 28.0 Å². The van der Waals surface area contributed by atoms with Crippen LogP contribution in [0.15, 0.2) is 12.3 Å². The van der Waals surface area contributed by atoms with Crippen LogP contribution in [0.2, 0.25) is 0 Å². The standard InChI is InChI=1S/C8H9IN2O3/c1-4(8(13)14)11-7(12)6-2-5(9)3-10-6/h2-4,10H,1H3,(H,11,12)(H,13,14)/t4-/m1/s1. The van der Waals surface area contributed by atoms with Gasteiger partial charge in [0.2, 0.25) is 0 Å². The summed E-state index contributed by atoms with van der Waals surface area (Å²) >= 11 is 2.05. The zero-order chi connectivity index (χ0) is 10.7. The maximum absolute atomic E-state index is 11.4. The first-order valence-electron chi connectivity index (χ1n) is 3.88. The monoisotopic (exact) mass is 308 g/mol. The van der Waals surface area contributed by atoms with Gasteiger partial charge in [-0.1, -0.05) is 0 Å². The first kappa shape index (κ1) is 11.0. The van der Waals surface area contributed by atoms with Crippen LogP contribution in [0.5, 0.6) is 0 Å². The Balaban J connectivity index is 2.63. The summed E-state index contributed by atoms with van der Waals surface area (Å²) in [4.78, 5) is 24.5. The average molecular weight is 308 g/mol. The molecule has 0 radical (unpaired) electrons. The zero-order valence-corrected chi connectivity index (χ0v) is 9.53. The van der Waals surface area contributed by atoms with Crippen LogP contribution in [-0.2, 0) is 4.79 Å². The van der Waals surface area contributed by atoms with Crippen molar-refractivity contribution in [3.63, 3.8) is 0 Å². The van der Waals surface area contributed by atoms with E-state index in [9.17, 15) is 9.59 Å². The lowest BCUT2D eigenvalue weighted by atomic mass is 10.3. The number of nitrogens with one attached hydrogen (secondary N) is 2. The quantitative estimate of drug-likeness (QED) is 0.723. The Kier molecular flexibility index (Phi) is 3.50. The molecule has 1 rings (SSSR count). The Morgan fingerprint density at radius 3 is 2.71 bits per heavy atom. The number of aromatic nitrogens is 1. The molecule has 0 spiro atoms. The van der Waals surface area contributed by atoms with Crippen molar-refractivity contribution >= 4 is 34.5 Å². The van der Waals surface area contributed by atoms with Crippen molar-refractivity contribution in [3.05, 3.63) is 21.5 Å². The Labute approximate surface area is 94.0 Å². The smallest absolute Gasteiger partial charge is 0.325 e. The molecule has 6 heteroatoms. The van der Waals surface area contributed by atoms with Gasteiger partial charge in [0.05, 0.1) is 0 Å². The number of halogens is 1. The number of rotatable bonds is 3. The van der Waals surface area contributed by atoms with Gasteiger partial charge in [0.15, 0.2) is 0 Å². The molecule has 0 bridgehead atoms. The van der Waals surface area contributed by atoms with E-state index < -0.39 is 17.9 Å². The van der Waals surface area contributed by atoms with E-state index in [1.165, 1.54) is 6.92 Å². The van der Waals surface area contributed by atoms with E-state index in [-0.39, 0.29) is 0 Å². The van der Waals surface area contributed by atoms with Gasteiger partial charge < -0.3 is 15.4 Å². The third-order valence-electron chi connectivity index (χ3n) is 1.61. The third-order valence-corrected chi connectivity index (χ3v) is 2.23. The molecule has 3 N–H and O–H groups in total. The molecule has 0 fully saturated rings. The molecular weight excluding hydrogens is 299 g/mol. The van der Waals surface area contributed by atoms with Gasteiger partial charge in [-0.05, 0) is 35.6 Å². The summed E-state index contributed by atoms with van der Waals surface area (Å²) in [6.07, 6.45) is 1.67. The zero-order valence-electron chi connectivity index (χ0n) is 7.37. The van der Waals surface area contributed by atoms with E-state index >= 15 is 0 Å². The molecule has 0 aliphatic carbocycles. The number of H-pyrrole nitrogens is 1. The average Bonchev–Trinajstić information content (AvgIpc) is 2.51. The minimum atomic E-state index is -1.06. The molecule has 0 unspecified atom stereocenters. The minimum absolute atomic E-state index is 0.363. The molecule has 0 saturated carbocycles. The summed E-state index contributed by atoms with van der Waals surface area (Å²) in [5.74, 6) is -1.47. The van der Waals surface area contributed by atoms with Crippen LogP contribution in [0, 0.1) is 3.57 Å². The summed E-state index contributed by atoms with van der Waals surface area (Å²) in [5, 5.41) is 10.9. The molecule has 5 nitrogen and oxygen atoms in total. The first-order chi connectivity index (χ1) is 6.50. The second kappa shape index (κ2) is 4.45. The van der Waals surface area contributed by atoms with Crippen LogP contribution in [0.25, 0.3) is 0 Å². The van der Waals surface area contributed by atoms with Gasteiger partial charge in [-0.15, -0.1) is 0 Å². The molecule has 0 aliphatic rings. The van der Waals surface area contributed by atoms with Crippen LogP contribution in [0.3, 0.4) is 0 Å². The summed E-state index contributed by atoms with van der Waals surface area (Å²) in [6.45, 7) is 1.41. The Morgan fingerprint density at radius 1 is 1.64 bits per heavy atom. The summed E-state index contributed by atoms with van der Waals surface area (Å²) in [6, 6.07) is 0.758. The fourth-order valence-corrected chi connectivity index (χ4v) is 1.30. The molecule has 1 heterocycles. The molecule has 1 aromatic heterocycles. The number of carbonyl (C=O) groups excluding carboxylic acids is 1. The number of hydrogen-bond acceptors (Lipinski definition) is 2. The fourth-order valence-electron chi connectivity index (χ4n) is 0.835. The summed E-state index contributed by atoms with van der Waals surface area (Å²) in [5.41, 5.74) is 0.363. The van der Waals surface area contributed by atoms with Gasteiger partial charge in [-0.2, -0.15) is 0 Å². The van der Waals surface area contributed by atoms with Gasteiger partial charge in [0.25, 0.3) is 5.91 Å². The number of aromatic amines is 1. The van der Waals surface area contributed by atoms with E-state index in [0.717, 1.165) is 3.57 Å². The van der Waals surface area contributed by atoms with Crippen molar-refractivity contribution in [2.75, 3.05) is 0 Å². The predicted octanol–water partition coefficient (Wildman–Crippen LogP) is 0.822. The highest BCUT2D eigenvalue weighted by Gasteiger charge is 2.15. The minimum Gasteiger partial charge on any atom is -0.480 e. The number of carboxylic acid groups (broad SMARTS) is 1. The second-order valence-electron chi connectivity index (χ2n) is 2.76.